The molecule has 1 aromatic carbocycles. The number of rotatable bonds is 4. The number of amides is 1. The molecule has 0 saturated carbocycles. The molecule has 2 saturated heterocycles. The Morgan fingerprint density at radius 1 is 1.27 bits per heavy atom. The third-order valence-corrected chi connectivity index (χ3v) is 4.73. The van der Waals surface area contributed by atoms with Crippen LogP contribution in [0.1, 0.15) is 37.4 Å². The van der Waals surface area contributed by atoms with E-state index in [0.717, 1.165) is 38.9 Å². The Balaban J connectivity index is 1.60. The van der Waals surface area contributed by atoms with Crippen molar-refractivity contribution in [1.29, 1.82) is 0 Å². The molecule has 2 aliphatic heterocycles. The molecule has 2 unspecified atom stereocenters. The predicted molar refractivity (Wildman–Crippen MR) is 81.8 cm³/mol. The predicted octanol–water partition coefficient (Wildman–Crippen LogP) is 1.95. The van der Waals surface area contributed by atoms with Gasteiger partial charge in [-0.05, 0) is 31.9 Å². The lowest BCUT2D eigenvalue weighted by molar-refractivity contribution is -0.130. The zero-order valence-electron chi connectivity index (χ0n) is 12.7. The van der Waals surface area contributed by atoms with Gasteiger partial charge in [-0.3, -0.25) is 9.69 Å². The quantitative estimate of drug-likeness (QED) is 0.924. The molecule has 1 aromatic rings. The minimum Gasteiger partial charge on any atom is -0.387 e. The van der Waals surface area contributed by atoms with Crippen molar-refractivity contribution in [1.82, 2.24) is 9.80 Å². The molecule has 5 heteroatoms. The van der Waals surface area contributed by atoms with Crippen LogP contribution in [0.5, 0.6) is 0 Å². The van der Waals surface area contributed by atoms with Gasteiger partial charge in [0.2, 0.25) is 5.91 Å². The van der Waals surface area contributed by atoms with E-state index in [0.29, 0.717) is 18.5 Å². The van der Waals surface area contributed by atoms with Crippen molar-refractivity contribution in [3.8, 4) is 0 Å². The topological polar surface area (TPSA) is 43.8 Å². The molecule has 2 atom stereocenters. The summed E-state index contributed by atoms with van der Waals surface area (Å²) in [5.41, 5.74) is 0.349. The number of aliphatic hydroxyl groups excluding tert-OH is 1. The molecule has 120 valence electrons. The molecule has 4 nitrogen and oxygen atoms in total. The Labute approximate surface area is 130 Å². The number of β-amino-alcohol motifs (C(OH)–C–C–N with tert-alkyl or cyclic N) is 1. The van der Waals surface area contributed by atoms with Gasteiger partial charge in [0, 0.05) is 37.7 Å². The smallest absolute Gasteiger partial charge is 0.222 e. The number of aliphatic hydroxyl groups is 1. The average Bonchev–Trinajstić information content (AvgIpc) is 2.94. The van der Waals surface area contributed by atoms with Crippen LogP contribution in [0.4, 0.5) is 4.39 Å². The molecule has 1 amide bonds. The summed E-state index contributed by atoms with van der Waals surface area (Å²) in [7, 11) is 0. The highest BCUT2D eigenvalue weighted by molar-refractivity contribution is 5.78. The van der Waals surface area contributed by atoms with Crippen molar-refractivity contribution in [2.45, 2.75) is 37.8 Å². The first kappa shape index (κ1) is 15.4. The van der Waals surface area contributed by atoms with Gasteiger partial charge in [-0.25, -0.2) is 4.39 Å². The van der Waals surface area contributed by atoms with Gasteiger partial charge in [-0.1, -0.05) is 18.2 Å². The molecule has 2 heterocycles. The summed E-state index contributed by atoms with van der Waals surface area (Å²) in [4.78, 5) is 16.0. The lowest BCUT2D eigenvalue weighted by atomic mass is 10.0. The van der Waals surface area contributed by atoms with E-state index in [-0.39, 0.29) is 17.8 Å². The molecule has 2 fully saturated rings. The Kier molecular flexibility index (Phi) is 4.74. The van der Waals surface area contributed by atoms with E-state index in [4.69, 9.17) is 0 Å². The standard InChI is InChI=1S/C17H23FN2O2/c18-15-7-2-1-6-14(15)16(21)12-19-9-3-5-13(11-19)20-10-4-8-17(20)22/h1-2,6-7,13,16,21H,3-5,8-12H2. The number of carbonyl (C=O) groups is 1. The normalized spacial score (nSPS) is 24.7. The Morgan fingerprint density at radius 2 is 2.09 bits per heavy atom. The molecule has 0 aromatic heterocycles. The minimum absolute atomic E-state index is 0.247. The van der Waals surface area contributed by atoms with Crippen LogP contribution in [0.15, 0.2) is 24.3 Å². The van der Waals surface area contributed by atoms with Crippen LogP contribution in [0.3, 0.4) is 0 Å². The molecule has 2 aliphatic rings. The number of carbonyl (C=O) groups excluding carboxylic acids is 1. The van der Waals surface area contributed by atoms with Gasteiger partial charge < -0.3 is 10.0 Å². The zero-order chi connectivity index (χ0) is 15.5. The molecule has 0 aliphatic carbocycles. The molecule has 3 rings (SSSR count). The summed E-state index contributed by atoms with van der Waals surface area (Å²) in [5, 5.41) is 10.3. The summed E-state index contributed by atoms with van der Waals surface area (Å²) in [6, 6.07) is 6.62. The largest absolute Gasteiger partial charge is 0.387 e. The van der Waals surface area contributed by atoms with E-state index in [1.54, 1.807) is 18.2 Å². The lowest BCUT2D eigenvalue weighted by Crippen LogP contribution is -2.49. The van der Waals surface area contributed by atoms with E-state index < -0.39 is 6.10 Å². The molecular weight excluding hydrogens is 283 g/mol. The number of hydrogen-bond acceptors (Lipinski definition) is 3. The van der Waals surface area contributed by atoms with E-state index in [1.807, 2.05) is 4.90 Å². The summed E-state index contributed by atoms with van der Waals surface area (Å²) < 4.78 is 13.7. The summed E-state index contributed by atoms with van der Waals surface area (Å²) >= 11 is 0. The van der Waals surface area contributed by atoms with E-state index in [1.165, 1.54) is 6.07 Å². The number of likely N-dealkylation sites (tertiary alicyclic amines) is 2. The van der Waals surface area contributed by atoms with E-state index in [2.05, 4.69) is 4.90 Å². The van der Waals surface area contributed by atoms with E-state index in [9.17, 15) is 14.3 Å². The van der Waals surface area contributed by atoms with Gasteiger partial charge in [0.05, 0.1) is 6.10 Å². The van der Waals surface area contributed by atoms with Crippen molar-refractivity contribution in [3.05, 3.63) is 35.6 Å². The van der Waals surface area contributed by atoms with Crippen molar-refractivity contribution >= 4 is 5.91 Å². The molecule has 1 N–H and O–H groups in total. The molecular formula is C17H23FN2O2. The van der Waals surface area contributed by atoms with Crippen LogP contribution in [-0.4, -0.2) is 53.0 Å². The van der Waals surface area contributed by atoms with Crippen LogP contribution in [0, 0.1) is 5.82 Å². The molecule has 0 radical (unpaired) electrons. The third-order valence-electron chi connectivity index (χ3n) is 4.73. The molecule has 22 heavy (non-hydrogen) atoms. The number of benzene rings is 1. The van der Waals surface area contributed by atoms with Gasteiger partial charge in [0.15, 0.2) is 0 Å². The first-order valence-corrected chi connectivity index (χ1v) is 8.09. The van der Waals surface area contributed by atoms with Gasteiger partial charge >= 0.3 is 0 Å². The van der Waals surface area contributed by atoms with Crippen molar-refractivity contribution in [2.24, 2.45) is 0 Å². The second-order valence-electron chi connectivity index (χ2n) is 6.28. The lowest BCUT2D eigenvalue weighted by Gasteiger charge is -2.38. The SMILES string of the molecule is O=C1CCCN1C1CCCN(CC(O)c2ccccc2F)C1. The molecule has 0 spiro atoms. The fourth-order valence-corrected chi connectivity index (χ4v) is 3.59. The number of hydrogen-bond donors (Lipinski definition) is 1. The minimum atomic E-state index is -0.825. The number of halogens is 1. The number of nitrogens with zero attached hydrogens (tertiary/aromatic N) is 2. The van der Waals surface area contributed by atoms with E-state index >= 15 is 0 Å². The van der Waals surface area contributed by atoms with Crippen molar-refractivity contribution < 1.29 is 14.3 Å². The van der Waals surface area contributed by atoms with Crippen LogP contribution < -0.4 is 0 Å². The second-order valence-corrected chi connectivity index (χ2v) is 6.28. The highest BCUT2D eigenvalue weighted by atomic mass is 19.1. The van der Waals surface area contributed by atoms with Crippen molar-refractivity contribution in [2.75, 3.05) is 26.2 Å². The van der Waals surface area contributed by atoms with Gasteiger partial charge in [0.1, 0.15) is 5.82 Å². The number of piperidine rings is 1. The van der Waals surface area contributed by atoms with Crippen LogP contribution in [0.25, 0.3) is 0 Å². The van der Waals surface area contributed by atoms with Crippen LogP contribution in [-0.2, 0) is 4.79 Å². The second kappa shape index (κ2) is 6.75. The highest BCUT2D eigenvalue weighted by Crippen LogP contribution is 2.24. The summed E-state index contributed by atoms with van der Waals surface area (Å²) in [6.07, 6.45) is 2.83. The average molecular weight is 306 g/mol. The molecule has 0 bridgehead atoms. The third kappa shape index (κ3) is 3.31. The first-order chi connectivity index (χ1) is 10.6. The Morgan fingerprint density at radius 3 is 2.82 bits per heavy atom. The fourth-order valence-electron chi connectivity index (χ4n) is 3.59. The maximum Gasteiger partial charge on any atom is 0.222 e. The monoisotopic (exact) mass is 306 g/mol. The maximum atomic E-state index is 13.7. The van der Waals surface area contributed by atoms with Gasteiger partial charge in [-0.2, -0.15) is 0 Å². The van der Waals surface area contributed by atoms with Crippen molar-refractivity contribution in [3.63, 3.8) is 0 Å². The Hall–Kier alpha value is -1.46. The summed E-state index contributed by atoms with van der Waals surface area (Å²) in [6.45, 7) is 2.94. The van der Waals surface area contributed by atoms with Crippen LogP contribution >= 0.6 is 0 Å². The van der Waals surface area contributed by atoms with Gasteiger partial charge in [-0.15, -0.1) is 0 Å². The maximum absolute atomic E-state index is 13.7. The van der Waals surface area contributed by atoms with Gasteiger partial charge in [0.25, 0.3) is 0 Å². The van der Waals surface area contributed by atoms with Crippen LogP contribution in [0.2, 0.25) is 0 Å². The highest BCUT2D eigenvalue weighted by Gasteiger charge is 2.32. The zero-order valence-corrected chi connectivity index (χ0v) is 12.7. The first-order valence-electron chi connectivity index (χ1n) is 8.09. The summed E-state index contributed by atoms with van der Waals surface area (Å²) in [5.74, 6) is -0.111. The Bertz CT molecular complexity index is 537. The fraction of sp³-hybridized carbons (Fsp3) is 0.588.